The van der Waals surface area contributed by atoms with E-state index in [1.165, 1.54) is 19.3 Å². The molecule has 1 fully saturated rings. The second-order valence-electron chi connectivity index (χ2n) is 6.29. The highest BCUT2D eigenvalue weighted by molar-refractivity contribution is 6.21. The molecule has 0 saturated heterocycles. The van der Waals surface area contributed by atoms with Crippen molar-refractivity contribution in [3.8, 4) is 0 Å². The second-order valence-corrected chi connectivity index (χ2v) is 6.73. The van der Waals surface area contributed by atoms with Gasteiger partial charge in [0.1, 0.15) is 0 Å². The SMILES string of the molecule is CC1(C(Cl)c2ccc3[nH]c(=O)c(=O)[nH]c3c2)CCCCC1. The number of halogens is 1. The molecule has 0 amide bonds. The van der Waals surface area contributed by atoms with Crippen LogP contribution in [0.2, 0.25) is 0 Å². The maximum atomic E-state index is 11.4. The number of hydrogen-bond donors (Lipinski definition) is 2. The van der Waals surface area contributed by atoms with Crippen LogP contribution < -0.4 is 11.1 Å². The fourth-order valence-electron chi connectivity index (χ4n) is 3.31. The van der Waals surface area contributed by atoms with Gasteiger partial charge >= 0.3 is 11.1 Å². The molecule has 1 aromatic carbocycles. The first-order valence-corrected chi connectivity index (χ1v) is 7.84. The Bertz CT molecular complexity index is 772. The maximum absolute atomic E-state index is 11.4. The van der Waals surface area contributed by atoms with E-state index < -0.39 is 11.1 Å². The van der Waals surface area contributed by atoms with Gasteiger partial charge in [0.25, 0.3) is 0 Å². The zero-order chi connectivity index (χ0) is 15.0. The number of alkyl halides is 1. The molecule has 21 heavy (non-hydrogen) atoms. The Balaban J connectivity index is 2.02. The summed E-state index contributed by atoms with van der Waals surface area (Å²) < 4.78 is 0. The van der Waals surface area contributed by atoms with Crippen LogP contribution in [0.1, 0.15) is 50.0 Å². The summed E-state index contributed by atoms with van der Waals surface area (Å²) in [5.41, 5.74) is 1.08. The van der Waals surface area contributed by atoms with Crippen LogP contribution in [0.25, 0.3) is 11.0 Å². The average molecular weight is 307 g/mol. The van der Waals surface area contributed by atoms with Crippen molar-refractivity contribution in [2.24, 2.45) is 5.41 Å². The zero-order valence-corrected chi connectivity index (χ0v) is 12.8. The van der Waals surface area contributed by atoms with Gasteiger partial charge in [-0.15, -0.1) is 11.6 Å². The first-order chi connectivity index (χ1) is 9.99. The number of H-pyrrole nitrogens is 2. The Morgan fingerprint density at radius 2 is 1.67 bits per heavy atom. The van der Waals surface area contributed by atoms with E-state index >= 15 is 0 Å². The van der Waals surface area contributed by atoms with Crippen molar-refractivity contribution in [1.29, 1.82) is 0 Å². The number of fused-ring (bicyclic) bond motifs is 1. The fourth-order valence-corrected chi connectivity index (χ4v) is 3.66. The average Bonchev–Trinajstić information content (AvgIpc) is 2.48. The van der Waals surface area contributed by atoms with Gasteiger partial charge in [-0.25, -0.2) is 0 Å². The van der Waals surface area contributed by atoms with Crippen molar-refractivity contribution in [1.82, 2.24) is 9.97 Å². The Labute approximate surface area is 127 Å². The standard InChI is InChI=1S/C16H19ClN2O2/c1-16(7-3-2-4-8-16)13(17)10-5-6-11-12(9-10)19-15(21)14(20)18-11/h5-6,9,13H,2-4,7-8H2,1H3,(H,18,20)(H,19,21). The normalized spacial score (nSPS) is 19.5. The van der Waals surface area contributed by atoms with Crippen LogP contribution in [-0.4, -0.2) is 9.97 Å². The van der Waals surface area contributed by atoms with E-state index in [1.807, 2.05) is 18.2 Å². The minimum Gasteiger partial charge on any atom is -0.316 e. The van der Waals surface area contributed by atoms with Gasteiger partial charge in [-0.05, 0) is 36.0 Å². The summed E-state index contributed by atoms with van der Waals surface area (Å²) in [5.74, 6) is 0. The summed E-state index contributed by atoms with van der Waals surface area (Å²) in [4.78, 5) is 28.0. The Morgan fingerprint density at radius 3 is 2.33 bits per heavy atom. The van der Waals surface area contributed by atoms with Gasteiger partial charge in [-0.1, -0.05) is 32.3 Å². The minimum absolute atomic E-state index is 0.0855. The van der Waals surface area contributed by atoms with Gasteiger partial charge in [0.05, 0.1) is 16.4 Å². The number of aromatic amines is 2. The molecule has 1 heterocycles. The molecule has 4 nitrogen and oxygen atoms in total. The second kappa shape index (κ2) is 5.34. The lowest BCUT2D eigenvalue weighted by Gasteiger charge is -2.38. The molecule has 0 bridgehead atoms. The highest BCUT2D eigenvalue weighted by Crippen LogP contribution is 2.49. The molecular formula is C16H19ClN2O2. The Kier molecular flexibility index (Phi) is 3.66. The van der Waals surface area contributed by atoms with Gasteiger partial charge in [-0.3, -0.25) is 9.59 Å². The molecule has 3 rings (SSSR count). The van der Waals surface area contributed by atoms with E-state index in [0.29, 0.717) is 11.0 Å². The van der Waals surface area contributed by atoms with Gasteiger partial charge < -0.3 is 9.97 Å². The summed E-state index contributed by atoms with van der Waals surface area (Å²) >= 11 is 6.73. The van der Waals surface area contributed by atoms with Crippen LogP contribution in [0, 0.1) is 5.41 Å². The smallest absolute Gasteiger partial charge is 0.314 e. The topological polar surface area (TPSA) is 65.7 Å². The Hall–Kier alpha value is -1.55. The van der Waals surface area contributed by atoms with E-state index in [1.54, 1.807) is 0 Å². The molecule has 1 atom stereocenters. The quantitative estimate of drug-likeness (QED) is 0.659. The maximum Gasteiger partial charge on any atom is 0.314 e. The van der Waals surface area contributed by atoms with Gasteiger partial charge in [0, 0.05) is 0 Å². The summed E-state index contributed by atoms with van der Waals surface area (Å²) in [6, 6.07) is 5.63. The molecular weight excluding hydrogens is 288 g/mol. The third-order valence-corrected chi connectivity index (χ3v) is 5.43. The lowest BCUT2D eigenvalue weighted by molar-refractivity contribution is 0.206. The molecule has 1 unspecified atom stereocenters. The molecule has 0 spiro atoms. The minimum atomic E-state index is -0.630. The van der Waals surface area contributed by atoms with Gasteiger partial charge in [0.2, 0.25) is 0 Å². The zero-order valence-electron chi connectivity index (χ0n) is 12.0. The van der Waals surface area contributed by atoms with Crippen LogP contribution in [0.5, 0.6) is 0 Å². The van der Waals surface area contributed by atoms with Crippen molar-refractivity contribution in [2.45, 2.75) is 44.4 Å². The molecule has 1 saturated carbocycles. The summed E-state index contributed by atoms with van der Waals surface area (Å²) in [6.45, 7) is 2.24. The molecule has 0 radical (unpaired) electrons. The molecule has 1 aliphatic carbocycles. The predicted octanol–water partition coefficient (Wildman–Crippen LogP) is 3.47. The van der Waals surface area contributed by atoms with E-state index in [-0.39, 0.29) is 10.8 Å². The lowest BCUT2D eigenvalue weighted by atomic mass is 9.71. The van der Waals surface area contributed by atoms with Gasteiger partial charge in [0.15, 0.2) is 0 Å². The fraction of sp³-hybridized carbons (Fsp3) is 0.500. The first-order valence-electron chi connectivity index (χ1n) is 7.40. The van der Waals surface area contributed by atoms with Crippen LogP contribution in [0.4, 0.5) is 0 Å². The lowest BCUT2D eigenvalue weighted by Crippen LogP contribution is -2.29. The van der Waals surface area contributed by atoms with Crippen LogP contribution in [0.15, 0.2) is 27.8 Å². The molecule has 112 valence electrons. The monoisotopic (exact) mass is 306 g/mol. The molecule has 5 heteroatoms. The first kappa shape index (κ1) is 14.4. The predicted molar refractivity (Wildman–Crippen MR) is 85.0 cm³/mol. The molecule has 1 aliphatic rings. The van der Waals surface area contributed by atoms with Crippen LogP contribution in [-0.2, 0) is 0 Å². The highest BCUT2D eigenvalue weighted by Gasteiger charge is 2.35. The molecule has 0 aliphatic heterocycles. The van der Waals surface area contributed by atoms with Crippen molar-refractivity contribution >= 4 is 22.6 Å². The number of nitrogens with one attached hydrogen (secondary N) is 2. The van der Waals surface area contributed by atoms with Crippen molar-refractivity contribution < 1.29 is 0 Å². The van der Waals surface area contributed by atoms with Crippen molar-refractivity contribution in [3.63, 3.8) is 0 Å². The molecule has 2 N–H and O–H groups in total. The van der Waals surface area contributed by atoms with E-state index in [4.69, 9.17) is 11.6 Å². The summed E-state index contributed by atoms with van der Waals surface area (Å²) in [6.07, 6.45) is 5.98. The van der Waals surface area contributed by atoms with E-state index in [0.717, 1.165) is 18.4 Å². The van der Waals surface area contributed by atoms with E-state index in [2.05, 4.69) is 16.9 Å². The van der Waals surface area contributed by atoms with Crippen LogP contribution in [0.3, 0.4) is 0 Å². The summed E-state index contributed by atoms with van der Waals surface area (Å²) in [7, 11) is 0. The van der Waals surface area contributed by atoms with Crippen LogP contribution >= 0.6 is 11.6 Å². The largest absolute Gasteiger partial charge is 0.316 e. The van der Waals surface area contributed by atoms with Crippen molar-refractivity contribution in [2.75, 3.05) is 0 Å². The van der Waals surface area contributed by atoms with Gasteiger partial charge in [-0.2, -0.15) is 0 Å². The number of rotatable bonds is 2. The van der Waals surface area contributed by atoms with E-state index in [9.17, 15) is 9.59 Å². The summed E-state index contributed by atoms with van der Waals surface area (Å²) in [5, 5.41) is -0.0855. The Morgan fingerprint density at radius 1 is 1.05 bits per heavy atom. The number of hydrogen-bond acceptors (Lipinski definition) is 2. The molecule has 2 aromatic rings. The molecule has 1 aromatic heterocycles. The number of benzene rings is 1. The van der Waals surface area contributed by atoms with Crippen molar-refractivity contribution in [3.05, 3.63) is 44.5 Å². The third-order valence-electron chi connectivity index (χ3n) is 4.65. The third kappa shape index (κ3) is 2.64. The highest BCUT2D eigenvalue weighted by atomic mass is 35.5. The number of aromatic nitrogens is 2.